The van der Waals surface area contributed by atoms with Gasteiger partial charge in [0.1, 0.15) is 18.4 Å². The fraction of sp³-hybridized carbons (Fsp3) is 0.278. The predicted octanol–water partition coefficient (Wildman–Crippen LogP) is 4.15. The number of nitriles is 1. The van der Waals surface area contributed by atoms with Crippen LogP contribution in [0.3, 0.4) is 0 Å². The van der Waals surface area contributed by atoms with E-state index in [2.05, 4.69) is 51.5 Å². The molecule has 0 bridgehead atoms. The van der Waals surface area contributed by atoms with Gasteiger partial charge in [-0.05, 0) is 59.2 Å². The minimum Gasteiger partial charge on any atom is -0.489 e. The Labute approximate surface area is 260 Å². The van der Waals surface area contributed by atoms with Crippen molar-refractivity contribution in [3.8, 4) is 11.8 Å². The molecule has 2 fully saturated rings. The number of anilines is 2. The second kappa shape index (κ2) is 10.8. The van der Waals surface area contributed by atoms with Crippen LogP contribution in [0.4, 0.5) is 11.4 Å². The number of hydrogen-bond donors (Lipinski definition) is 1. The summed E-state index contributed by atoms with van der Waals surface area (Å²) in [5.74, 6) is -0.104. The normalized spacial score (nSPS) is 20.8. The van der Waals surface area contributed by atoms with Gasteiger partial charge in [0.2, 0.25) is 11.8 Å². The van der Waals surface area contributed by atoms with Crippen LogP contribution < -0.4 is 19.9 Å². The number of nitrogens with one attached hydrogen (secondary N) is 1. The average molecular weight is 598 g/mol. The first-order valence-electron chi connectivity index (χ1n) is 15.4. The number of carbonyl (C=O) groups is 3. The lowest BCUT2D eigenvalue weighted by molar-refractivity contribution is -0.134. The number of imide groups is 1. The molecule has 0 aliphatic carbocycles. The van der Waals surface area contributed by atoms with Crippen molar-refractivity contribution < 1.29 is 19.1 Å². The van der Waals surface area contributed by atoms with Gasteiger partial charge >= 0.3 is 0 Å². The Morgan fingerprint density at radius 2 is 1.76 bits per heavy atom. The highest BCUT2D eigenvalue weighted by Gasteiger charge is 2.41. The summed E-state index contributed by atoms with van der Waals surface area (Å²) < 4.78 is 6.04. The molecule has 0 saturated carbocycles. The molecule has 1 N–H and O–H groups in total. The molecule has 45 heavy (non-hydrogen) atoms. The van der Waals surface area contributed by atoms with Crippen LogP contribution in [0.5, 0.6) is 5.75 Å². The molecule has 4 heterocycles. The number of piperazine rings is 1. The maximum absolute atomic E-state index is 13.5. The fourth-order valence-corrected chi connectivity index (χ4v) is 7.34. The fourth-order valence-electron chi connectivity index (χ4n) is 7.34. The van der Waals surface area contributed by atoms with Crippen LogP contribution >= 0.6 is 0 Å². The van der Waals surface area contributed by atoms with Crippen LogP contribution in [0, 0.1) is 11.3 Å². The minimum absolute atomic E-state index is 0.190. The molecule has 4 aromatic rings. The lowest BCUT2D eigenvalue weighted by Gasteiger charge is -2.45. The summed E-state index contributed by atoms with van der Waals surface area (Å²) in [6.07, 6.45) is 1.26. The van der Waals surface area contributed by atoms with Gasteiger partial charge in [0.15, 0.2) is 0 Å². The second-order valence-electron chi connectivity index (χ2n) is 12.3. The molecule has 3 amide bonds. The Morgan fingerprint density at radius 1 is 0.933 bits per heavy atom. The molecule has 0 spiro atoms. The lowest BCUT2D eigenvalue weighted by atomic mass is 9.95. The molecule has 9 nitrogen and oxygen atoms in total. The monoisotopic (exact) mass is 597 g/mol. The number of rotatable bonds is 5. The van der Waals surface area contributed by atoms with Crippen molar-refractivity contribution in [2.75, 3.05) is 36.0 Å². The number of hydrogen-bond acceptors (Lipinski definition) is 7. The van der Waals surface area contributed by atoms with E-state index in [9.17, 15) is 19.6 Å². The summed E-state index contributed by atoms with van der Waals surface area (Å²) in [6.45, 7) is 4.26. The van der Waals surface area contributed by atoms with Gasteiger partial charge in [-0.3, -0.25) is 29.5 Å². The number of fused-ring (bicyclic) bond motifs is 3. The van der Waals surface area contributed by atoms with Crippen LogP contribution in [-0.2, 0) is 22.6 Å². The van der Waals surface area contributed by atoms with Crippen molar-refractivity contribution in [2.45, 2.75) is 37.9 Å². The van der Waals surface area contributed by atoms with Crippen LogP contribution in [0.15, 0.2) is 72.8 Å². The Balaban J connectivity index is 0.963. The number of ether oxygens (including phenoxy) is 1. The summed E-state index contributed by atoms with van der Waals surface area (Å²) in [7, 11) is 0. The molecule has 0 aromatic heterocycles. The standard InChI is InChI=1S/C36H31N5O4/c37-18-24-8-10-29-32(17-24)45-21-26-20-39(14-15-40(26)29)19-23-6-4-22(5-7-23)16-25-9-11-30-34-27(25)2-1-3-28(34)36(44)41(30)31-12-13-33(42)38-35(31)43/h1-11,17,26,31H,12-16,19-21H2,(H,38,42,43)/t26-,31?/m1/s1. The van der Waals surface area contributed by atoms with Gasteiger partial charge in [0.05, 0.1) is 29.0 Å². The third kappa shape index (κ3) is 4.69. The molecule has 2 saturated heterocycles. The summed E-state index contributed by atoms with van der Waals surface area (Å²) in [5.41, 5.74) is 6.59. The van der Waals surface area contributed by atoms with Crippen LogP contribution in [0.1, 0.15) is 45.5 Å². The molecule has 8 rings (SSSR count). The van der Waals surface area contributed by atoms with Gasteiger partial charge in [0.25, 0.3) is 5.91 Å². The van der Waals surface area contributed by atoms with E-state index in [0.717, 1.165) is 66.1 Å². The van der Waals surface area contributed by atoms with Gasteiger partial charge in [-0.15, -0.1) is 0 Å². The van der Waals surface area contributed by atoms with E-state index in [1.165, 1.54) is 11.1 Å². The van der Waals surface area contributed by atoms with Crippen LogP contribution in [0.2, 0.25) is 0 Å². The zero-order valence-corrected chi connectivity index (χ0v) is 24.7. The molecule has 0 radical (unpaired) electrons. The number of amides is 3. The number of carbonyl (C=O) groups excluding carboxylic acids is 3. The second-order valence-corrected chi connectivity index (χ2v) is 12.3. The van der Waals surface area contributed by atoms with Crippen molar-refractivity contribution in [2.24, 2.45) is 0 Å². The van der Waals surface area contributed by atoms with E-state index >= 15 is 0 Å². The molecular formula is C36H31N5O4. The van der Waals surface area contributed by atoms with E-state index in [1.807, 2.05) is 42.5 Å². The van der Waals surface area contributed by atoms with Crippen molar-refractivity contribution in [1.29, 1.82) is 5.26 Å². The highest BCUT2D eigenvalue weighted by atomic mass is 16.5. The molecule has 9 heteroatoms. The first kappa shape index (κ1) is 27.4. The molecule has 4 aliphatic rings. The van der Waals surface area contributed by atoms with Gasteiger partial charge in [0, 0.05) is 49.6 Å². The zero-order chi connectivity index (χ0) is 30.7. The quantitative estimate of drug-likeness (QED) is 0.345. The third-order valence-electron chi connectivity index (χ3n) is 9.56. The molecule has 1 unspecified atom stereocenters. The van der Waals surface area contributed by atoms with Gasteiger partial charge in [-0.25, -0.2) is 0 Å². The maximum Gasteiger partial charge on any atom is 0.259 e. The first-order valence-corrected chi connectivity index (χ1v) is 15.4. The van der Waals surface area contributed by atoms with Crippen molar-refractivity contribution in [1.82, 2.24) is 10.2 Å². The molecular weight excluding hydrogens is 566 g/mol. The van der Waals surface area contributed by atoms with Crippen molar-refractivity contribution >= 4 is 39.9 Å². The highest BCUT2D eigenvalue weighted by Crippen LogP contribution is 2.41. The Kier molecular flexibility index (Phi) is 6.54. The Hall–Kier alpha value is -5.20. The van der Waals surface area contributed by atoms with E-state index < -0.39 is 11.9 Å². The third-order valence-corrected chi connectivity index (χ3v) is 9.56. The van der Waals surface area contributed by atoms with Crippen LogP contribution in [0.25, 0.3) is 10.8 Å². The molecule has 2 atom stereocenters. The largest absolute Gasteiger partial charge is 0.489 e. The highest BCUT2D eigenvalue weighted by molar-refractivity contribution is 6.27. The molecule has 4 aromatic carbocycles. The number of benzene rings is 4. The van der Waals surface area contributed by atoms with E-state index in [-0.39, 0.29) is 24.3 Å². The SMILES string of the molecule is N#Cc1ccc2c(c1)OC[C@H]1CN(Cc3ccc(Cc4ccc5c6c(cccc46)C(=O)N5C4CCC(=O)NC4=O)cc3)CCN21. The molecule has 4 aliphatic heterocycles. The van der Waals surface area contributed by atoms with E-state index in [4.69, 9.17) is 4.74 Å². The minimum atomic E-state index is -0.689. The van der Waals surface area contributed by atoms with Crippen LogP contribution in [-0.4, -0.2) is 60.9 Å². The maximum atomic E-state index is 13.5. The number of nitrogens with zero attached hydrogens (tertiary/aromatic N) is 4. The lowest BCUT2D eigenvalue weighted by Crippen LogP contribution is -2.56. The van der Waals surface area contributed by atoms with Crippen molar-refractivity contribution in [3.05, 3.63) is 101 Å². The summed E-state index contributed by atoms with van der Waals surface area (Å²) in [6, 6.07) is 26.0. The van der Waals surface area contributed by atoms with Gasteiger partial charge < -0.3 is 9.64 Å². The first-order chi connectivity index (χ1) is 22.0. The van der Waals surface area contributed by atoms with Crippen molar-refractivity contribution in [3.63, 3.8) is 0 Å². The number of piperidine rings is 1. The Bertz CT molecular complexity index is 1930. The summed E-state index contributed by atoms with van der Waals surface area (Å²) >= 11 is 0. The summed E-state index contributed by atoms with van der Waals surface area (Å²) in [4.78, 5) is 44.3. The predicted molar refractivity (Wildman–Crippen MR) is 169 cm³/mol. The summed E-state index contributed by atoms with van der Waals surface area (Å²) in [5, 5.41) is 13.5. The van der Waals surface area contributed by atoms with E-state index in [0.29, 0.717) is 24.2 Å². The zero-order valence-electron chi connectivity index (χ0n) is 24.7. The van der Waals surface area contributed by atoms with Gasteiger partial charge in [-0.2, -0.15) is 5.26 Å². The Morgan fingerprint density at radius 3 is 2.58 bits per heavy atom. The van der Waals surface area contributed by atoms with Gasteiger partial charge in [-0.1, -0.05) is 42.5 Å². The molecule has 224 valence electrons. The smallest absolute Gasteiger partial charge is 0.259 e. The average Bonchev–Trinajstić information content (AvgIpc) is 3.34. The topological polar surface area (TPSA) is 106 Å². The van der Waals surface area contributed by atoms with E-state index in [1.54, 1.807) is 4.90 Å².